The molecule has 0 saturated heterocycles. The fourth-order valence-corrected chi connectivity index (χ4v) is 1.77. The average molecular weight is 253 g/mol. The van der Waals surface area contributed by atoms with Crippen LogP contribution in [0, 0.1) is 0 Å². The van der Waals surface area contributed by atoms with Crippen LogP contribution in [0.5, 0.6) is 5.88 Å². The van der Waals surface area contributed by atoms with Crippen molar-refractivity contribution in [1.29, 1.82) is 0 Å². The van der Waals surface area contributed by atoms with E-state index in [0.717, 1.165) is 25.1 Å². The van der Waals surface area contributed by atoms with Crippen molar-refractivity contribution >= 4 is 0 Å². The SMILES string of the molecule is CCCNC(CC(C)OC)c1nccnc1OC. The van der Waals surface area contributed by atoms with E-state index in [1.54, 1.807) is 26.6 Å². The Morgan fingerprint density at radius 2 is 2.00 bits per heavy atom. The highest BCUT2D eigenvalue weighted by Crippen LogP contribution is 2.24. The van der Waals surface area contributed by atoms with Crippen LogP contribution >= 0.6 is 0 Å². The molecule has 0 aromatic carbocycles. The number of aromatic nitrogens is 2. The molecular formula is C13H23N3O2. The van der Waals surface area contributed by atoms with E-state index in [1.807, 2.05) is 6.92 Å². The number of nitrogens with one attached hydrogen (secondary N) is 1. The van der Waals surface area contributed by atoms with Crippen LogP contribution in [0.4, 0.5) is 0 Å². The molecule has 1 rings (SSSR count). The molecule has 0 amide bonds. The third-order valence-corrected chi connectivity index (χ3v) is 2.83. The summed E-state index contributed by atoms with van der Waals surface area (Å²) < 4.78 is 10.6. The number of ether oxygens (including phenoxy) is 2. The predicted octanol–water partition coefficient (Wildman–Crippen LogP) is 1.95. The monoisotopic (exact) mass is 253 g/mol. The maximum absolute atomic E-state index is 5.33. The number of hydrogen-bond acceptors (Lipinski definition) is 5. The number of methoxy groups -OCH3 is 2. The minimum Gasteiger partial charge on any atom is -0.480 e. The minimum atomic E-state index is 0.101. The molecule has 5 heteroatoms. The summed E-state index contributed by atoms with van der Waals surface area (Å²) in [6, 6.07) is 0.101. The Morgan fingerprint density at radius 3 is 2.61 bits per heavy atom. The van der Waals surface area contributed by atoms with Gasteiger partial charge in [0.2, 0.25) is 5.88 Å². The second kappa shape index (κ2) is 8.00. The van der Waals surface area contributed by atoms with Gasteiger partial charge in [-0.15, -0.1) is 0 Å². The molecule has 18 heavy (non-hydrogen) atoms. The first-order valence-corrected chi connectivity index (χ1v) is 6.34. The van der Waals surface area contributed by atoms with Gasteiger partial charge in [0.05, 0.1) is 19.3 Å². The summed E-state index contributed by atoms with van der Waals surface area (Å²) in [6.45, 7) is 5.11. The lowest BCUT2D eigenvalue weighted by Crippen LogP contribution is -2.27. The quantitative estimate of drug-likeness (QED) is 0.767. The van der Waals surface area contributed by atoms with E-state index in [1.165, 1.54) is 0 Å². The fraction of sp³-hybridized carbons (Fsp3) is 0.692. The molecule has 0 radical (unpaired) electrons. The summed E-state index contributed by atoms with van der Waals surface area (Å²) in [5, 5.41) is 3.46. The molecule has 1 heterocycles. The lowest BCUT2D eigenvalue weighted by atomic mass is 10.1. The largest absolute Gasteiger partial charge is 0.480 e. The zero-order chi connectivity index (χ0) is 13.4. The Bertz CT molecular complexity index is 347. The van der Waals surface area contributed by atoms with Crippen LogP contribution < -0.4 is 10.1 Å². The Labute approximate surface area is 109 Å². The molecule has 0 bridgehead atoms. The smallest absolute Gasteiger partial charge is 0.236 e. The van der Waals surface area contributed by atoms with Crippen molar-refractivity contribution in [2.75, 3.05) is 20.8 Å². The van der Waals surface area contributed by atoms with E-state index in [9.17, 15) is 0 Å². The van der Waals surface area contributed by atoms with Crippen molar-refractivity contribution in [2.45, 2.75) is 38.8 Å². The molecule has 0 saturated carbocycles. The van der Waals surface area contributed by atoms with Crippen molar-refractivity contribution in [3.8, 4) is 5.88 Å². The second-order valence-corrected chi connectivity index (χ2v) is 4.24. The minimum absolute atomic E-state index is 0.101. The van der Waals surface area contributed by atoms with Gasteiger partial charge < -0.3 is 14.8 Å². The first-order valence-electron chi connectivity index (χ1n) is 6.34. The summed E-state index contributed by atoms with van der Waals surface area (Å²) in [7, 11) is 3.33. The van der Waals surface area contributed by atoms with Gasteiger partial charge in [0.1, 0.15) is 5.69 Å². The van der Waals surface area contributed by atoms with Gasteiger partial charge in [-0.2, -0.15) is 0 Å². The van der Waals surface area contributed by atoms with Crippen molar-refractivity contribution in [3.05, 3.63) is 18.1 Å². The molecule has 1 aromatic heterocycles. The van der Waals surface area contributed by atoms with Gasteiger partial charge in [-0.3, -0.25) is 4.98 Å². The van der Waals surface area contributed by atoms with Gasteiger partial charge in [0.25, 0.3) is 0 Å². The van der Waals surface area contributed by atoms with Crippen LogP contribution in [0.25, 0.3) is 0 Å². The standard InChI is InChI=1S/C13H23N3O2/c1-5-6-14-11(9-10(2)17-3)12-13(18-4)16-8-7-15-12/h7-8,10-11,14H,5-6,9H2,1-4H3. The van der Waals surface area contributed by atoms with Gasteiger partial charge in [-0.1, -0.05) is 6.92 Å². The Hall–Kier alpha value is -1.20. The maximum Gasteiger partial charge on any atom is 0.236 e. The van der Waals surface area contributed by atoms with Crippen molar-refractivity contribution in [2.24, 2.45) is 0 Å². The number of rotatable bonds is 8. The van der Waals surface area contributed by atoms with Crippen LogP contribution in [0.15, 0.2) is 12.4 Å². The normalized spacial score (nSPS) is 14.2. The average Bonchev–Trinajstić information content (AvgIpc) is 2.43. The zero-order valence-corrected chi connectivity index (χ0v) is 11.6. The Morgan fingerprint density at radius 1 is 1.28 bits per heavy atom. The summed E-state index contributed by atoms with van der Waals surface area (Å²) >= 11 is 0. The third-order valence-electron chi connectivity index (χ3n) is 2.83. The molecule has 0 aliphatic heterocycles. The van der Waals surface area contributed by atoms with E-state index in [0.29, 0.717) is 5.88 Å². The van der Waals surface area contributed by atoms with E-state index in [4.69, 9.17) is 9.47 Å². The number of nitrogens with zero attached hydrogens (tertiary/aromatic N) is 2. The van der Waals surface area contributed by atoms with Gasteiger partial charge in [0, 0.05) is 19.5 Å². The van der Waals surface area contributed by atoms with E-state index < -0.39 is 0 Å². The molecule has 1 N–H and O–H groups in total. The lowest BCUT2D eigenvalue weighted by molar-refractivity contribution is 0.0994. The molecule has 102 valence electrons. The lowest BCUT2D eigenvalue weighted by Gasteiger charge is -2.22. The van der Waals surface area contributed by atoms with Gasteiger partial charge >= 0.3 is 0 Å². The predicted molar refractivity (Wildman–Crippen MR) is 70.7 cm³/mol. The second-order valence-electron chi connectivity index (χ2n) is 4.24. The first-order chi connectivity index (χ1) is 8.72. The summed E-state index contributed by atoms with van der Waals surface area (Å²) in [4.78, 5) is 8.58. The zero-order valence-electron chi connectivity index (χ0n) is 11.6. The molecule has 0 fully saturated rings. The van der Waals surface area contributed by atoms with E-state index >= 15 is 0 Å². The van der Waals surface area contributed by atoms with Crippen molar-refractivity contribution in [3.63, 3.8) is 0 Å². The van der Waals surface area contributed by atoms with Crippen LogP contribution in [0.1, 0.15) is 38.4 Å². The molecular weight excluding hydrogens is 230 g/mol. The van der Waals surface area contributed by atoms with Crippen LogP contribution in [0.2, 0.25) is 0 Å². The molecule has 5 nitrogen and oxygen atoms in total. The molecule has 2 unspecified atom stereocenters. The van der Waals surface area contributed by atoms with Gasteiger partial charge in [-0.05, 0) is 26.3 Å². The Balaban J connectivity index is 2.85. The molecule has 2 atom stereocenters. The van der Waals surface area contributed by atoms with Crippen molar-refractivity contribution < 1.29 is 9.47 Å². The van der Waals surface area contributed by atoms with Crippen molar-refractivity contribution in [1.82, 2.24) is 15.3 Å². The van der Waals surface area contributed by atoms with Gasteiger partial charge in [-0.25, -0.2) is 4.98 Å². The fourth-order valence-electron chi connectivity index (χ4n) is 1.77. The number of hydrogen-bond donors (Lipinski definition) is 1. The highest BCUT2D eigenvalue weighted by atomic mass is 16.5. The summed E-state index contributed by atoms with van der Waals surface area (Å²) in [6.07, 6.45) is 5.40. The van der Waals surface area contributed by atoms with E-state index in [2.05, 4.69) is 22.2 Å². The topological polar surface area (TPSA) is 56.3 Å². The first kappa shape index (κ1) is 14.9. The van der Waals surface area contributed by atoms with Gasteiger partial charge in [0.15, 0.2) is 0 Å². The summed E-state index contributed by atoms with van der Waals surface area (Å²) in [5.74, 6) is 0.578. The van der Waals surface area contributed by atoms with Crippen LogP contribution in [-0.4, -0.2) is 36.8 Å². The molecule has 0 aliphatic carbocycles. The van der Waals surface area contributed by atoms with Crippen LogP contribution in [-0.2, 0) is 4.74 Å². The maximum atomic E-state index is 5.33. The third kappa shape index (κ3) is 4.23. The molecule has 0 spiro atoms. The molecule has 0 aliphatic rings. The Kier molecular flexibility index (Phi) is 6.60. The van der Waals surface area contributed by atoms with E-state index in [-0.39, 0.29) is 12.1 Å². The highest BCUT2D eigenvalue weighted by molar-refractivity contribution is 5.21. The highest BCUT2D eigenvalue weighted by Gasteiger charge is 2.20. The summed E-state index contributed by atoms with van der Waals surface area (Å²) in [5.41, 5.74) is 0.845. The van der Waals surface area contributed by atoms with Crippen LogP contribution in [0.3, 0.4) is 0 Å². The molecule has 1 aromatic rings.